The quantitative estimate of drug-likeness (QED) is 0.566. The van der Waals surface area contributed by atoms with Crippen molar-refractivity contribution in [1.82, 2.24) is 15.1 Å². The molecule has 7 heteroatoms. The van der Waals surface area contributed by atoms with E-state index in [1.807, 2.05) is 6.07 Å². The number of ether oxygens (including phenoxy) is 1. The predicted molar refractivity (Wildman–Crippen MR) is 114 cm³/mol. The van der Waals surface area contributed by atoms with E-state index in [2.05, 4.69) is 34.5 Å². The first kappa shape index (κ1) is 20.8. The second kappa shape index (κ2) is 9.55. The van der Waals surface area contributed by atoms with Crippen molar-refractivity contribution in [2.45, 2.75) is 32.3 Å². The van der Waals surface area contributed by atoms with E-state index in [4.69, 9.17) is 9.15 Å². The summed E-state index contributed by atoms with van der Waals surface area (Å²) in [6.45, 7) is 3.01. The van der Waals surface area contributed by atoms with E-state index in [9.17, 15) is 9.59 Å². The van der Waals surface area contributed by atoms with Crippen LogP contribution in [0.25, 0.3) is 11.5 Å². The molecule has 160 valence electrons. The number of amides is 1. The number of benzene rings is 2. The normalized spacial score (nSPS) is 15.5. The van der Waals surface area contributed by atoms with Gasteiger partial charge in [-0.1, -0.05) is 30.3 Å². The average molecular weight is 419 g/mol. The van der Waals surface area contributed by atoms with Crippen LogP contribution < -0.4 is 0 Å². The smallest absolute Gasteiger partial charge is 0.338 e. The zero-order chi connectivity index (χ0) is 21.6. The molecule has 1 saturated heterocycles. The summed E-state index contributed by atoms with van der Waals surface area (Å²) < 4.78 is 10.6. The number of carbonyl (C=O) groups is 2. The summed E-state index contributed by atoms with van der Waals surface area (Å²) >= 11 is 0. The minimum atomic E-state index is -0.825. The van der Waals surface area contributed by atoms with Crippen LogP contribution in [0.5, 0.6) is 0 Å². The van der Waals surface area contributed by atoms with Gasteiger partial charge in [-0.2, -0.15) is 0 Å². The molecule has 3 aromatic rings. The first-order chi connectivity index (χ1) is 15.1. The number of esters is 1. The third-order valence-electron chi connectivity index (χ3n) is 5.65. The van der Waals surface area contributed by atoms with Gasteiger partial charge in [0, 0.05) is 18.7 Å². The number of nitrogens with zero attached hydrogens (tertiary/aromatic N) is 3. The van der Waals surface area contributed by atoms with Gasteiger partial charge in [0.1, 0.15) is 0 Å². The standard InChI is InChI=1S/C24H25N3O4/c1-17(31-24(29)21-9-7-20(8-10-21)22-26-25-16-30-22)23(28)27-13-11-19(12-14-27)15-18-5-3-2-4-6-18/h2-10,16-17,19H,11-15H2,1H3/t17-/m0/s1. The molecule has 0 saturated carbocycles. The Bertz CT molecular complexity index is 995. The van der Waals surface area contributed by atoms with Crippen LogP contribution >= 0.6 is 0 Å². The van der Waals surface area contributed by atoms with Gasteiger partial charge in [-0.3, -0.25) is 4.79 Å². The van der Waals surface area contributed by atoms with Crippen LogP contribution in [-0.4, -0.2) is 46.2 Å². The second-order valence-corrected chi connectivity index (χ2v) is 7.83. The molecule has 2 aromatic carbocycles. The number of likely N-dealkylation sites (tertiary alicyclic amines) is 1. The molecule has 0 spiro atoms. The zero-order valence-electron chi connectivity index (χ0n) is 17.4. The SMILES string of the molecule is C[C@H](OC(=O)c1ccc(-c2nnco2)cc1)C(=O)N1CCC(Cc2ccccc2)CC1. The molecular formula is C24H25N3O4. The monoisotopic (exact) mass is 419 g/mol. The summed E-state index contributed by atoms with van der Waals surface area (Å²) in [5.74, 6) is 0.270. The average Bonchev–Trinajstić information content (AvgIpc) is 3.35. The molecule has 1 atom stereocenters. The fourth-order valence-corrected chi connectivity index (χ4v) is 3.89. The molecule has 1 aliphatic rings. The maximum Gasteiger partial charge on any atom is 0.338 e. The Labute approximate surface area is 181 Å². The Hall–Kier alpha value is -3.48. The number of piperidine rings is 1. The van der Waals surface area contributed by atoms with Crippen molar-refractivity contribution in [2.24, 2.45) is 5.92 Å². The van der Waals surface area contributed by atoms with Crippen molar-refractivity contribution in [3.63, 3.8) is 0 Å². The van der Waals surface area contributed by atoms with Gasteiger partial charge in [0.15, 0.2) is 6.10 Å². The van der Waals surface area contributed by atoms with Gasteiger partial charge in [-0.05, 0) is 61.9 Å². The van der Waals surface area contributed by atoms with E-state index >= 15 is 0 Å². The molecule has 0 unspecified atom stereocenters. The van der Waals surface area contributed by atoms with Crippen LogP contribution in [0.2, 0.25) is 0 Å². The highest BCUT2D eigenvalue weighted by Crippen LogP contribution is 2.23. The van der Waals surface area contributed by atoms with Crippen molar-refractivity contribution < 1.29 is 18.7 Å². The summed E-state index contributed by atoms with van der Waals surface area (Å²) in [5.41, 5.74) is 2.40. The van der Waals surface area contributed by atoms with E-state index in [1.165, 1.54) is 12.0 Å². The summed E-state index contributed by atoms with van der Waals surface area (Å²) in [7, 11) is 0. The van der Waals surface area contributed by atoms with Crippen molar-refractivity contribution >= 4 is 11.9 Å². The van der Waals surface area contributed by atoms with E-state index in [0.717, 1.165) is 19.3 Å². The van der Waals surface area contributed by atoms with Crippen molar-refractivity contribution in [1.29, 1.82) is 0 Å². The van der Waals surface area contributed by atoms with Crippen LogP contribution in [0.15, 0.2) is 65.4 Å². The fraction of sp³-hybridized carbons (Fsp3) is 0.333. The van der Waals surface area contributed by atoms with Crippen LogP contribution in [-0.2, 0) is 16.0 Å². The van der Waals surface area contributed by atoms with Crippen LogP contribution in [0.4, 0.5) is 0 Å². The lowest BCUT2D eigenvalue weighted by molar-refractivity contribution is -0.141. The lowest BCUT2D eigenvalue weighted by Gasteiger charge is -2.33. The Morgan fingerprint density at radius 1 is 1.10 bits per heavy atom. The summed E-state index contributed by atoms with van der Waals surface area (Å²) in [6.07, 6.45) is 3.37. The van der Waals surface area contributed by atoms with Crippen molar-refractivity contribution in [3.05, 3.63) is 72.1 Å². The number of aromatic nitrogens is 2. The predicted octanol–water partition coefficient (Wildman–Crippen LogP) is 3.76. The maximum atomic E-state index is 12.8. The molecule has 0 radical (unpaired) electrons. The Kier molecular flexibility index (Phi) is 6.40. The molecule has 0 N–H and O–H groups in total. The minimum Gasteiger partial charge on any atom is -0.449 e. The molecule has 7 nitrogen and oxygen atoms in total. The van der Waals surface area contributed by atoms with Gasteiger partial charge in [0.2, 0.25) is 12.3 Å². The molecule has 31 heavy (non-hydrogen) atoms. The van der Waals surface area contributed by atoms with Gasteiger partial charge in [0.05, 0.1) is 5.56 Å². The third kappa shape index (κ3) is 5.17. The van der Waals surface area contributed by atoms with Crippen molar-refractivity contribution in [3.8, 4) is 11.5 Å². The lowest BCUT2D eigenvalue weighted by atomic mass is 9.90. The molecule has 4 rings (SSSR count). The molecular weight excluding hydrogens is 394 g/mol. The number of hydrogen-bond acceptors (Lipinski definition) is 6. The Balaban J connectivity index is 1.27. The molecule has 1 amide bonds. The van der Waals surface area contributed by atoms with Gasteiger partial charge in [0.25, 0.3) is 5.91 Å². The highest BCUT2D eigenvalue weighted by molar-refractivity contribution is 5.92. The number of carbonyl (C=O) groups excluding carboxylic acids is 2. The number of rotatable bonds is 6. The van der Waals surface area contributed by atoms with Crippen LogP contribution in [0, 0.1) is 5.92 Å². The van der Waals surface area contributed by atoms with E-state index in [-0.39, 0.29) is 5.91 Å². The molecule has 0 aliphatic carbocycles. The van der Waals surface area contributed by atoms with Crippen LogP contribution in [0.3, 0.4) is 0 Å². The van der Waals surface area contributed by atoms with Crippen molar-refractivity contribution in [2.75, 3.05) is 13.1 Å². The number of hydrogen-bond donors (Lipinski definition) is 0. The van der Waals surface area contributed by atoms with Gasteiger partial charge in [-0.25, -0.2) is 4.79 Å². The van der Waals surface area contributed by atoms with Gasteiger partial charge < -0.3 is 14.1 Å². The summed E-state index contributed by atoms with van der Waals surface area (Å²) in [5, 5.41) is 7.46. The van der Waals surface area contributed by atoms with E-state index < -0.39 is 12.1 Å². The van der Waals surface area contributed by atoms with Gasteiger partial charge in [-0.15, -0.1) is 10.2 Å². The first-order valence-electron chi connectivity index (χ1n) is 10.5. The highest BCUT2D eigenvalue weighted by Gasteiger charge is 2.28. The van der Waals surface area contributed by atoms with E-state index in [1.54, 1.807) is 36.1 Å². The minimum absolute atomic E-state index is 0.144. The highest BCUT2D eigenvalue weighted by atomic mass is 16.5. The van der Waals surface area contributed by atoms with Gasteiger partial charge >= 0.3 is 5.97 Å². The molecule has 1 aliphatic heterocycles. The summed E-state index contributed by atoms with van der Waals surface area (Å²) in [6, 6.07) is 17.1. The molecule has 1 aromatic heterocycles. The lowest BCUT2D eigenvalue weighted by Crippen LogP contribution is -2.44. The summed E-state index contributed by atoms with van der Waals surface area (Å²) in [4.78, 5) is 27.0. The second-order valence-electron chi connectivity index (χ2n) is 7.83. The first-order valence-corrected chi connectivity index (χ1v) is 10.5. The fourth-order valence-electron chi connectivity index (χ4n) is 3.89. The Morgan fingerprint density at radius 3 is 2.45 bits per heavy atom. The molecule has 2 heterocycles. The zero-order valence-corrected chi connectivity index (χ0v) is 17.4. The Morgan fingerprint density at radius 2 is 1.81 bits per heavy atom. The molecule has 0 bridgehead atoms. The third-order valence-corrected chi connectivity index (χ3v) is 5.65. The molecule has 1 fully saturated rings. The largest absolute Gasteiger partial charge is 0.449 e. The maximum absolute atomic E-state index is 12.8. The topological polar surface area (TPSA) is 85.5 Å². The van der Waals surface area contributed by atoms with E-state index in [0.29, 0.717) is 36.0 Å². The van der Waals surface area contributed by atoms with Crippen LogP contribution in [0.1, 0.15) is 35.7 Å².